The van der Waals surface area contributed by atoms with Crippen molar-refractivity contribution in [1.82, 2.24) is 14.7 Å². The summed E-state index contributed by atoms with van der Waals surface area (Å²) in [5.74, 6) is 0.117. The highest BCUT2D eigenvalue weighted by atomic mass is 16.3. The van der Waals surface area contributed by atoms with Crippen molar-refractivity contribution in [3.05, 3.63) is 18.5 Å². The van der Waals surface area contributed by atoms with Crippen LogP contribution in [0.4, 0.5) is 0 Å². The minimum atomic E-state index is 0.117. The largest absolute Gasteiger partial charge is 0.396 e. The van der Waals surface area contributed by atoms with Crippen LogP contribution in [0.3, 0.4) is 0 Å². The molecule has 1 aromatic heterocycles. The Balaban J connectivity index is 2.31. The van der Waals surface area contributed by atoms with Gasteiger partial charge < -0.3 is 10.0 Å². The van der Waals surface area contributed by atoms with Crippen molar-refractivity contribution in [3.63, 3.8) is 0 Å². The Hall–Kier alpha value is -1.36. The van der Waals surface area contributed by atoms with Crippen molar-refractivity contribution in [2.45, 2.75) is 26.3 Å². The Morgan fingerprint density at radius 2 is 2.38 bits per heavy atom. The molecule has 0 radical (unpaired) electrons. The highest BCUT2D eigenvalue weighted by Gasteiger charge is 2.10. The summed E-state index contributed by atoms with van der Waals surface area (Å²) in [6.45, 7) is 4.01. The Morgan fingerprint density at radius 1 is 1.56 bits per heavy atom. The van der Waals surface area contributed by atoms with E-state index in [4.69, 9.17) is 5.11 Å². The highest BCUT2D eigenvalue weighted by Crippen LogP contribution is 1.98. The second-order valence-electron chi connectivity index (χ2n) is 3.57. The van der Waals surface area contributed by atoms with Crippen LogP contribution in [-0.2, 0) is 11.3 Å². The molecular formula is C11H19N3O2. The smallest absolute Gasteiger partial charge is 0.224 e. The maximum absolute atomic E-state index is 11.8. The third kappa shape index (κ3) is 4.02. The molecule has 0 saturated heterocycles. The predicted molar refractivity (Wildman–Crippen MR) is 60.8 cm³/mol. The van der Waals surface area contributed by atoms with Crippen molar-refractivity contribution in [1.29, 1.82) is 0 Å². The molecule has 5 heteroatoms. The standard InChI is InChI=1S/C11H19N3O2/c1-2-13(7-4-10-15)11(16)5-9-14-8-3-6-12-14/h3,6,8,15H,2,4-5,7,9-10H2,1H3. The van der Waals surface area contributed by atoms with Gasteiger partial charge in [-0.25, -0.2) is 0 Å². The van der Waals surface area contributed by atoms with Crippen LogP contribution in [0.5, 0.6) is 0 Å². The van der Waals surface area contributed by atoms with Crippen LogP contribution in [0.25, 0.3) is 0 Å². The molecule has 0 fully saturated rings. The highest BCUT2D eigenvalue weighted by molar-refractivity contribution is 5.76. The quantitative estimate of drug-likeness (QED) is 0.735. The zero-order valence-corrected chi connectivity index (χ0v) is 9.67. The number of carbonyl (C=O) groups excluding carboxylic acids is 1. The van der Waals surface area contributed by atoms with Gasteiger partial charge in [-0.1, -0.05) is 0 Å². The summed E-state index contributed by atoms with van der Waals surface area (Å²) in [4.78, 5) is 13.5. The molecule has 0 aromatic carbocycles. The topological polar surface area (TPSA) is 58.4 Å². The Kier molecular flexibility index (Phi) is 5.56. The van der Waals surface area contributed by atoms with Crippen LogP contribution in [0.1, 0.15) is 19.8 Å². The summed E-state index contributed by atoms with van der Waals surface area (Å²) in [5, 5.41) is 12.8. The molecule has 90 valence electrons. The lowest BCUT2D eigenvalue weighted by molar-refractivity contribution is -0.131. The number of aryl methyl sites for hydroxylation is 1. The van der Waals surface area contributed by atoms with E-state index >= 15 is 0 Å². The van der Waals surface area contributed by atoms with Crippen LogP contribution in [-0.4, -0.2) is 45.4 Å². The molecule has 16 heavy (non-hydrogen) atoms. The van der Waals surface area contributed by atoms with Crippen molar-refractivity contribution in [2.75, 3.05) is 19.7 Å². The monoisotopic (exact) mass is 225 g/mol. The lowest BCUT2D eigenvalue weighted by Crippen LogP contribution is -2.32. The number of hydrogen-bond donors (Lipinski definition) is 1. The molecule has 5 nitrogen and oxygen atoms in total. The molecule has 1 heterocycles. The van der Waals surface area contributed by atoms with Gasteiger partial charge in [0.2, 0.25) is 5.91 Å². The second kappa shape index (κ2) is 7.00. The van der Waals surface area contributed by atoms with E-state index in [1.54, 1.807) is 15.8 Å². The van der Waals surface area contributed by atoms with Gasteiger partial charge in [-0.2, -0.15) is 5.10 Å². The maximum Gasteiger partial charge on any atom is 0.224 e. The molecule has 1 aromatic rings. The molecular weight excluding hydrogens is 206 g/mol. The number of amides is 1. The molecule has 0 aliphatic rings. The van der Waals surface area contributed by atoms with Crippen molar-refractivity contribution >= 4 is 5.91 Å². The van der Waals surface area contributed by atoms with Crippen LogP contribution < -0.4 is 0 Å². The van der Waals surface area contributed by atoms with Crippen molar-refractivity contribution in [3.8, 4) is 0 Å². The van der Waals surface area contributed by atoms with Gasteiger partial charge in [0.25, 0.3) is 0 Å². The Morgan fingerprint density at radius 3 is 2.94 bits per heavy atom. The summed E-state index contributed by atoms with van der Waals surface area (Å²) >= 11 is 0. The SMILES string of the molecule is CCN(CCCO)C(=O)CCn1cccn1. The third-order valence-electron chi connectivity index (χ3n) is 2.43. The average Bonchev–Trinajstić information content (AvgIpc) is 2.80. The maximum atomic E-state index is 11.8. The number of hydrogen-bond acceptors (Lipinski definition) is 3. The number of aliphatic hydroxyl groups is 1. The van der Waals surface area contributed by atoms with Crippen LogP contribution in [0, 0.1) is 0 Å². The average molecular weight is 225 g/mol. The van der Waals surface area contributed by atoms with E-state index in [1.807, 2.05) is 19.2 Å². The molecule has 1 amide bonds. The second-order valence-corrected chi connectivity index (χ2v) is 3.57. The Labute approximate surface area is 95.7 Å². The van der Waals surface area contributed by atoms with Gasteiger partial charge in [0.05, 0.1) is 0 Å². The van der Waals surface area contributed by atoms with Crippen LogP contribution in [0.15, 0.2) is 18.5 Å². The molecule has 0 aliphatic carbocycles. The lowest BCUT2D eigenvalue weighted by Gasteiger charge is -2.20. The summed E-state index contributed by atoms with van der Waals surface area (Å²) in [6, 6.07) is 1.84. The van der Waals surface area contributed by atoms with E-state index < -0.39 is 0 Å². The first-order chi connectivity index (χ1) is 7.77. The van der Waals surface area contributed by atoms with Gasteiger partial charge in [0.1, 0.15) is 0 Å². The van der Waals surface area contributed by atoms with Gasteiger partial charge in [-0.3, -0.25) is 9.48 Å². The fraction of sp³-hybridized carbons (Fsp3) is 0.636. The van der Waals surface area contributed by atoms with E-state index in [0.717, 1.165) is 0 Å². The molecule has 0 bridgehead atoms. The minimum absolute atomic E-state index is 0.117. The molecule has 0 aliphatic heterocycles. The zero-order valence-electron chi connectivity index (χ0n) is 9.67. The molecule has 0 unspecified atom stereocenters. The number of aliphatic hydroxyl groups excluding tert-OH is 1. The van der Waals surface area contributed by atoms with Gasteiger partial charge in [0, 0.05) is 45.1 Å². The fourth-order valence-electron chi connectivity index (χ4n) is 1.52. The van der Waals surface area contributed by atoms with Crippen LogP contribution in [0.2, 0.25) is 0 Å². The lowest BCUT2D eigenvalue weighted by atomic mass is 10.3. The van der Waals surface area contributed by atoms with Gasteiger partial charge in [-0.05, 0) is 19.4 Å². The molecule has 1 N–H and O–H groups in total. The van der Waals surface area contributed by atoms with E-state index in [9.17, 15) is 4.79 Å². The van der Waals surface area contributed by atoms with E-state index in [-0.39, 0.29) is 12.5 Å². The van der Waals surface area contributed by atoms with Gasteiger partial charge in [-0.15, -0.1) is 0 Å². The predicted octanol–water partition coefficient (Wildman–Crippen LogP) is 0.504. The molecule has 1 rings (SSSR count). The molecule has 0 atom stereocenters. The summed E-state index contributed by atoms with van der Waals surface area (Å²) in [6.07, 6.45) is 4.65. The van der Waals surface area contributed by atoms with E-state index in [2.05, 4.69) is 5.10 Å². The van der Waals surface area contributed by atoms with Crippen molar-refractivity contribution in [2.24, 2.45) is 0 Å². The van der Waals surface area contributed by atoms with Crippen LogP contribution >= 0.6 is 0 Å². The first-order valence-electron chi connectivity index (χ1n) is 5.64. The fourth-order valence-corrected chi connectivity index (χ4v) is 1.52. The first kappa shape index (κ1) is 12.7. The minimum Gasteiger partial charge on any atom is -0.396 e. The number of carbonyl (C=O) groups is 1. The number of aromatic nitrogens is 2. The first-order valence-corrected chi connectivity index (χ1v) is 5.64. The normalized spacial score (nSPS) is 10.4. The zero-order chi connectivity index (χ0) is 11.8. The number of rotatable bonds is 7. The van der Waals surface area contributed by atoms with Gasteiger partial charge in [0.15, 0.2) is 0 Å². The summed E-state index contributed by atoms with van der Waals surface area (Å²) in [7, 11) is 0. The van der Waals surface area contributed by atoms with Crippen molar-refractivity contribution < 1.29 is 9.90 Å². The summed E-state index contributed by atoms with van der Waals surface area (Å²) in [5.41, 5.74) is 0. The van der Waals surface area contributed by atoms with E-state index in [1.165, 1.54) is 0 Å². The molecule has 0 saturated carbocycles. The van der Waals surface area contributed by atoms with E-state index in [0.29, 0.717) is 32.5 Å². The third-order valence-corrected chi connectivity index (χ3v) is 2.43. The number of nitrogens with zero attached hydrogens (tertiary/aromatic N) is 3. The summed E-state index contributed by atoms with van der Waals surface area (Å²) < 4.78 is 1.75. The van der Waals surface area contributed by atoms with Gasteiger partial charge >= 0.3 is 0 Å². The Bertz CT molecular complexity index is 298. The molecule has 0 spiro atoms.